The van der Waals surface area contributed by atoms with Gasteiger partial charge in [0.05, 0.1) is 30.0 Å². The van der Waals surface area contributed by atoms with Crippen LogP contribution < -0.4 is 0 Å². The quantitative estimate of drug-likeness (QED) is 0.381. The fourth-order valence-electron chi connectivity index (χ4n) is 3.64. The van der Waals surface area contributed by atoms with Crippen molar-refractivity contribution in [1.82, 2.24) is 4.90 Å². The average Bonchev–Trinajstić information content (AvgIpc) is 2.77. The van der Waals surface area contributed by atoms with Crippen LogP contribution in [0.2, 0.25) is 0 Å². The summed E-state index contributed by atoms with van der Waals surface area (Å²) in [6, 6.07) is 15.0. The standard InChI is InChI=1S/C26H29F3N2O/c1-18(2)23(17-32-4)30-25(21-10-6-5-7-11-21)31-19(3)9-8-12-24(31)20-13-15-22(16-14-20)26(27,28)29/h5-16,18-19,23H,17H2,1-4H3/t19-,23-/m1/s1. The van der Waals surface area contributed by atoms with Crippen molar-refractivity contribution in [3.8, 4) is 0 Å². The highest BCUT2D eigenvalue weighted by Crippen LogP contribution is 2.33. The molecular weight excluding hydrogens is 413 g/mol. The molecule has 0 aliphatic carbocycles. The molecule has 2 aromatic carbocycles. The summed E-state index contributed by atoms with van der Waals surface area (Å²) in [4.78, 5) is 7.19. The van der Waals surface area contributed by atoms with Crippen molar-refractivity contribution in [2.75, 3.05) is 13.7 Å². The van der Waals surface area contributed by atoms with E-state index in [1.807, 2.05) is 55.5 Å². The Balaban J connectivity index is 2.11. The van der Waals surface area contributed by atoms with E-state index in [9.17, 15) is 13.2 Å². The Hall–Kier alpha value is -2.86. The van der Waals surface area contributed by atoms with Gasteiger partial charge >= 0.3 is 6.18 Å². The van der Waals surface area contributed by atoms with Crippen molar-refractivity contribution in [3.05, 3.63) is 89.5 Å². The zero-order valence-electron chi connectivity index (χ0n) is 18.8. The van der Waals surface area contributed by atoms with Gasteiger partial charge in [-0.3, -0.25) is 4.99 Å². The van der Waals surface area contributed by atoms with Crippen LogP contribution in [0.15, 0.2) is 77.8 Å². The Morgan fingerprint density at radius 3 is 2.28 bits per heavy atom. The number of allylic oxidation sites excluding steroid dienone is 2. The Morgan fingerprint density at radius 1 is 1.06 bits per heavy atom. The van der Waals surface area contributed by atoms with Gasteiger partial charge in [-0.2, -0.15) is 13.2 Å². The summed E-state index contributed by atoms with van der Waals surface area (Å²) in [7, 11) is 1.66. The molecule has 170 valence electrons. The minimum atomic E-state index is -4.37. The molecule has 3 rings (SSSR count). The molecule has 1 aliphatic heterocycles. The number of hydrogen-bond donors (Lipinski definition) is 0. The summed E-state index contributed by atoms with van der Waals surface area (Å²) in [5.74, 6) is 1.02. The summed E-state index contributed by atoms with van der Waals surface area (Å²) >= 11 is 0. The molecule has 0 unspecified atom stereocenters. The Kier molecular flexibility index (Phi) is 7.56. The molecule has 0 amide bonds. The van der Waals surface area contributed by atoms with Crippen molar-refractivity contribution in [1.29, 1.82) is 0 Å². The van der Waals surface area contributed by atoms with Crippen molar-refractivity contribution >= 4 is 11.5 Å². The number of aliphatic imine (C=N–C) groups is 1. The highest BCUT2D eigenvalue weighted by Gasteiger charge is 2.31. The van der Waals surface area contributed by atoms with Gasteiger partial charge in [-0.05, 0) is 36.6 Å². The molecule has 2 atom stereocenters. The smallest absolute Gasteiger partial charge is 0.382 e. The molecule has 0 radical (unpaired) electrons. The van der Waals surface area contributed by atoms with Crippen LogP contribution in [0.3, 0.4) is 0 Å². The molecular formula is C26H29F3N2O. The van der Waals surface area contributed by atoms with Crippen molar-refractivity contribution in [3.63, 3.8) is 0 Å². The first-order valence-electron chi connectivity index (χ1n) is 10.7. The maximum Gasteiger partial charge on any atom is 0.416 e. The summed E-state index contributed by atoms with van der Waals surface area (Å²) in [5, 5.41) is 0. The van der Waals surface area contributed by atoms with Crippen LogP contribution in [0.4, 0.5) is 13.2 Å². The molecule has 0 saturated heterocycles. The van der Waals surface area contributed by atoms with E-state index in [0.29, 0.717) is 12.2 Å². The second-order valence-corrected chi connectivity index (χ2v) is 8.21. The third-order valence-corrected chi connectivity index (χ3v) is 5.47. The molecule has 0 aromatic heterocycles. The van der Waals surface area contributed by atoms with E-state index in [1.165, 1.54) is 12.1 Å². The third kappa shape index (κ3) is 5.49. The van der Waals surface area contributed by atoms with E-state index in [0.717, 1.165) is 29.2 Å². The number of amidine groups is 1. The molecule has 0 bridgehead atoms. The van der Waals surface area contributed by atoms with Gasteiger partial charge in [-0.25, -0.2) is 0 Å². The number of benzene rings is 2. The molecule has 3 nitrogen and oxygen atoms in total. The Bertz CT molecular complexity index is 976. The monoisotopic (exact) mass is 442 g/mol. The van der Waals surface area contributed by atoms with Crippen LogP contribution >= 0.6 is 0 Å². The minimum absolute atomic E-state index is 0.0356. The Labute approximate surface area is 187 Å². The number of rotatable bonds is 6. The van der Waals surface area contributed by atoms with Gasteiger partial charge in [0.2, 0.25) is 0 Å². The van der Waals surface area contributed by atoms with E-state index in [-0.39, 0.29) is 18.0 Å². The first-order chi connectivity index (χ1) is 15.2. The van der Waals surface area contributed by atoms with Crippen molar-refractivity contribution in [2.45, 2.75) is 39.0 Å². The van der Waals surface area contributed by atoms with Gasteiger partial charge in [0.1, 0.15) is 5.84 Å². The first kappa shape index (κ1) is 23.8. The molecule has 32 heavy (non-hydrogen) atoms. The SMILES string of the molecule is COC[C@@H](N=C(c1ccccc1)N1C(c2ccc(C(F)(F)F)cc2)=CC=C[C@H]1C)C(C)C. The molecule has 6 heteroatoms. The van der Waals surface area contributed by atoms with Crippen molar-refractivity contribution < 1.29 is 17.9 Å². The highest BCUT2D eigenvalue weighted by molar-refractivity contribution is 6.04. The second-order valence-electron chi connectivity index (χ2n) is 8.21. The van der Waals surface area contributed by atoms with E-state index in [1.54, 1.807) is 7.11 Å². The fraction of sp³-hybridized carbons (Fsp3) is 0.346. The number of hydrogen-bond acceptors (Lipinski definition) is 2. The van der Waals surface area contributed by atoms with Crippen LogP contribution in [-0.2, 0) is 10.9 Å². The first-order valence-corrected chi connectivity index (χ1v) is 10.7. The van der Waals surface area contributed by atoms with Crippen molar-refractivity contribution in [2.24, 2.45) is 10.9 Å². The number of nitrogens with zero attached hydrogens (tertiary/aromatic N) is 2. The molecule has 2 aromatic rings. The summed E-state index contributed by atoms with van der Waals surface area (Å²) in [6.07, 6.45) is 1.54. The van der Waals surface area contributed by atoms with E-state index < -0.39 is 11.7 Å². The average molecular weight is 443 g/mol. The number of halogens is 3. The highest BCUT2D eigenvalue weighted by atomic mass is 19.4. The minimum Gasteiger partial charge on any atom is -0.382 e. The predicted octanol–water partition coefficient (Wildman–Crippen LogP) is 6.42. The lowest BCUT2D eigenvalue weighted by atomic mass is 10.0. The number of ether oxygens (including phenoxy) is 1. The lowest BCUT2D eigenvalue weighted by molar-refractivity contribution is -0.137. The molecule has 0 spiro atoms. The second kappa shape index (κ2) is 10.2. The summed E-state index contributed by atoms with van der Waals surface area (Å²) in [5.41, 5.74) is 1.78. The van der Waals surface area contributed by atoms with Gasteiger partial charge in [-0.1, -0.05) is 68.5 Å². The van der Waals surface area contributed by atoms with Gasteiger partial charge in [0, 0.05) is 12.7 Å². The fourth-order valence-corrected chi connectivity index (χ4v) is 3.64. The zero-order chi connectivity index (χ0) is 23.3. The normalized spacial score (nSPS) is 18.1. The lowest BCUT2D eigenvalue weighted by Crippen LogP contribution is -2.39. The maximum atomic E-state index is 13.1. The summed E-state index contributed by atoms with van der Waals surface area (Å²) < 4.78 is 44.6. The predicted molar refractivity (Wildman–Crippen MR) is 123 cm³/mol. The molecule has 1 aliphatic rings. The maximum absolute atomic E-state index is 13.1. The van der Waals surface area contributed by atoms with Gasteiger partial charge < -0.3 is 9.64 Å². The molecule has 1 heterocycles. The van der Waals surface area contributed by atoms with Gasteiger partial charge in [-0.15, -0.1) is 0 Å². The van der Waals surface area contributed by atoms with E-state index >= 15 is 0 Å². The summed E-state index contributed by atoms with van der Waals surface area (Å²) in [6.45, 7) is 6.72. The van der Waals surface area contributed by atoms with Crippen LogP contribution in [0.25, 0.3) is 5.70 Å². The molecule has 0 N–H and O–H groups in total. The zero-order valence-corrected chi connectivity index (χ0v) is 18.8. The number of alkyl halides is 3. The topological polar surface area (TPSA) is 24.8 Å². The lowest BCUT2D eigenvalue weighted by Gasteiger charge is -2.36. The Morgan fingerprint density at radius 2 is 1.72 bits per heavy atom. The number of methoxy groups -OCH3 is 1. The van der Waals surface area contributed by atoms with Gasteiger partial charge in [0.15, 0.2) is 0 Å². The van der Waals surface area contributed by atoms with Crippen LogP contribution in [0, 0.1) is 5.92 Å². The van der Waals surface area contributed by atoms with Crippen LogP contribution in [-0.4, -0.2) is 36.5 Å². The van der Waals surface area contributed by atoms with Crippen LogP contribution in [0.5, 0.6) is 0 Å². The van der Waals surface area contributed by atoms with Gasteiger partial charge in [0.25, 0.3) is 0 Å². The van der Waals surface area contributed by atoms with E-state index in [4.69, 9.17) is 9.73 Å². The molecule has 0 fully saturated rings. The van der Waals surface area contributed by atoms with Crippen LogP contribution in [0.1, 0.15) is 37.5 Å². The third-order valence-electron chi connectivity index (χ3n) is 5.47. The van der Waals surface area contributed by atoms with E-state index in [2.05, 4.69) is 18.7 Å². The molecule has 0 saturated carbocycles. The largest absolute Gasteiger partial charge is 0.416 e.